The smallest absolute Gasteiger partial charge is 0.118 e. The Kier molecular flexibility index (Phi) is 5.71. The summed E-state index contributed by atoms with van der Waals surface area (Å²) in [7, 11) is 1.71. The minimum absolute atomic E-state index is 0.199. The van der Waals surface area contributed by atoms with E-state index in [2.05, 4.69) is 37.3 Å². The van der Waals surface area contributed by atoms with Crippen LogP contribution in [0.25, 0.3) is 0 Å². The van der Waals surface area contributed by atoms with Crippen molar-refractivity contribution in [3.8, 4) is 5.75 Å². The number of hydrogen-bond donors (Lipinski definition) is 1. The minimum atomic E-state index is 0.199. The molecule has 0 amide bonds. The molecule has 2 saturated heterocycles. The molecule has 4 rings (SSSR count). The summed E-state index contributed by atoms with van der Waals surface area (Å²) >= 11 is 0. The van der Waals surface area contributed by atoms with Crippen molar-refractivity contribution < 1.29 is 9.47 Å². The first kappa shape index (κ1) is 18.4. The van der Waals surface area contributed by atoms with Gasteiger partial charge in [0.05, 0.1) is 32.2 Å². The van der Waals surface area contributed by atoms with Gasteiger partial charge in [0.1, 0.15) is 5.75 Å². The quantitative estimate of drug-likeness (QED) is 0.866. The van der Waals surface area contributed by atoms with Gasteiger partial charge in [-0.15, -0.1) is 0 Å². The van der Waals surface area contributed by atoms with E-state index in [0.29, 0.717) is 0 Å². The van der Waals surface area contributed by atoms with E-state index in [1.807, 2.05) is 18.3 Å². The van der Waals surface area contributed by atoms with Crippen LogP contribution in [0.2, 0.25) is 0 Å². The van der Waals surface area contributed by atoms with Crippen LogP contribution in [0.3, 0.4) is 0 Å². The van der Waals surface area contributed by atoms with Gasteiger partial charge in [-0.3, -0.25) is 9.80 Å². The van der Waals surface area contributed by atoms with Gasteiger partial charge in [0, 0.05) is 38.1 Å². The maximum Gasteiger partial charge on any atom is 0.118 e. The number of hydrogen-bond acceptors (Lipinski definition) is 6. The maximum absolute atomic E-state index is 6.04. The van der Waals surface area contributed by atoms with E-state index in [0.717, 1.165) is 63.9 Å². The minimum Gasteiger partial charge on any atom is -0.497 e. The first-order valence-electron chi connectivity index (χ1n) is 9.75. The molecule has 7 nitrogen and oxygen atoms in total. The van der Waals surface area contributed by atoms with Crippen LogP contribution in [-0.4, -0.2) is 71.7 Å². The Morgan fingerprint density at radius 2 is 1.96 bits per heavy atom. The molecule has 1 aromatic carbocycles. The summed E-state index contributed by atoms with van der Waals surface area (Å²) in [6, 6.07) is 8.42. The van der Waals surface area contributed by atoms with Crippen LogP contribution in [-0.2, 0) is 17.8 Å². The lowest BCUT2D eigenvalue weighted by atomic mass is 9.80. The summed E-state index contributed by atoms with van der Waals surface area (Å²) in [4.78, 5) is 5.05. The average molecular weight is 371 g/mol. The van der Waals surface area contributed by atoms with Gasteiger partial charge in [-0.2, -0.15) is 15.4 Å². The Morgan fingerprint density at radius 1 is 1.15 bits per heavy atom. The molecule has 0 saturated carbocycles. The highest BCUT2D eigenvalue weighted by atomic mass is 16.5. The number of aromatic amines is 1. The molecule has 3 heterocycles. The Bertz CT molecular complexity index is 706. The lowest BCUT2D eigenvalue weighted by Gasteiger charge is -2.43. The van der Waals surface area contributed by atoms with Crippen LogP contribution in [0.5, 0.6) is 5.75 Å². The van der Waals surface area contributed by atoms with E-state index in [4.69, 9.17) is 9.47 Å². The van der Waals surface area contributed by atoms with E-state index < -0.39 is 0 Å². The van der Waals surface area contributed by atoms with Crippen LogP contribution in [0.15, 0.2) is 30.5 Å². The highest BCUT2D eigenvalue weighted by molar-refractivity contribution is 5.27. The second-order valence-electron chi connectivity index (χ2n) is 7.89. The van der Waals surface area contributed by atoms with E-state index in [9.17, 15) is 0 Å². The molecule has 27 heavy (non-hydrogen) atoms. The molecular formula is C20H29N5O2. The molecule has 2 aliphatic rings. The SMILES string of the molecule is COc1ccc(CN2CCC[C@]3(COCCN(Cc4cn[nH]n4)C3)C2)cc1. The molecule has 1 N–H and O–H groups in total. The molecule has 1 spiro atoms. The van der Waals surface area contributed by atoms with E-state index in [1.165, 1.54) is 18.4 Å². The second-order valence-corrected chi connectivity index (χ2v) is 7.89. The molecule has 2 aliphatic heterocycles. The third-order valence-electron chi connectivity index (χ3n) is 5.68. The van der Waals surface area contributed by atoms with Gasteiger partial charge in [0.25, 0.3) is 0 Å². The van der Waals surface area contributed by atoms with Crippen molar-refractivity contribution in [3.63, 3.8) is 0 Å². The third kappa shape index (κ3) is 4.66. The largest absolute Gasteiger partial charge is 0.497 e. The zero-order valence-electron chi connectivity index (χ0n) is 16.1. The summed E-state index contributed by atoms with van der Waals surface area (Å²) in [5.41, 5.74) is 2.53. The summed E-state index contributed by atoms with van der Waals surface area (Å²) < 4.78 is 11.3. The Hall–Kier alpha value is -1.96. The Balaban J connectivity index is 1.41. The molecule has 0 aliphatic carbocycles. The standard InChI is InChI=1S/C20H29N5O2/c1-26-19-5-3-17(4-6-19)12-24-8-2-7-20(14-24)15-25(9-10-27-16-20)13-18-11-21-23-22-18/h3-6,11H,2,7-10,12-16H2,1H3,(H,21,22,23)/t20-/m0/s1. The number of ether oxygens (including phenoxy) is 2. The Labute approximate surface area is 160 Å². The fourth-order valence-corrected chi connectivity index (χ4v) is 4.43. The highest BCUT2D eigenvalue weighted by Crippen LogP contribution is 2.34. The first-order chi connectivity index (χ1) is 13.2. The molecule has 7 heteroatoms. The number of benzene rings is 1. The van der Waals surface area contributed by atoms with Crippen LogP contribution in [0.4, 0.5) is 0 Å². The third-order valence-corrected chi connectivity index (χ3v) is 5.68. The van der Waals surface area contributed by atoms with Crippen LogP contribution in [0, 0.1) is 5.41 Å². The molecule has 1 aromatic heterocycles. The topological polar surface area (TPSA) is 66.5 Å². The fourth-order valence-electron chi connectivity index (χ4n) is 4.43. The molecule has 2 fully saturated rings. The van der Waals surface area contributed by atoms with Gasteiger partial charge in [0.2, 0.25) is 0 Å². The molecule has 0 unspecified atom stereocenters. The molecule has 146 valence electrons. The van der Waals surface area contributed by atoms with Crippen molar-refractivity contribution in [2.45, 2.75) is 25.9 Å². The first-order valence-corrected chi connectivity index (χ1v) is 9.75. The summed E-state index contributed by atoms with van der Waals surface area (Å²) in [6.45, 7) is 7.69. The maximum atomic E-state index is 6.04. The van der Waals surface area contributed by atoms with E-state index in [1.54, 1.807) is 7.11 Å². The molecule has 2 aromatic rings. The fraction of sp³-hybridized carbons (Fsp3) is 0.600. The number of likely N-dealkylation sites (tertiary alicyclic amines) is 1. The summed E-state index contributed by atoms with van der Waals surface area (Å²) in [5, 5.41) is 10.9. The van der Waals surface area contributed by atoms with E-state index in [-0.39, 0.29) is 5.41 Å². The predicted molar refractivity (Wildman–Crippen MR) is 102 cm³/mol. The number of aromatic nitrogens is 3. The van der Waals surface area contributed by atoms with Crippen molar-refractivity contribution in [1.82, 2.24) is 25.2 Å². The van der Waals surface area contributed by atoms with E-state index >= 15 is 0 Å². The molecule has 0 radical (unpaired) electrons. The van der Waals surface area contributed by atoms with Crippen molar-refractivity contribution in [2.24, 2.45) is 5.41 Å². The van der Waals surface area contributed by atoms with Gasteiger partial charge in [-0.05, 0) is 37.1 Å². The number of methoxy groups -OCH3 is 1. The van der Waals surface area contributed by atoms with Gasteiger partial charge in [-0.25, -0.2) is 0 Å². The number of rotatable bonds is 5. The number of nitrogens with one attached hydrogen (secondary N) is 1. The summed E-state index contributed by atoms with van der Waals surface area (Å²) in [6.07, 6.45) is 4.26. The normalized spacial score (nSPS) is 24.8. The van der Waals surface area contributed by atoms with Crippen molar-refractivity contribution in [2.75, 3.05) is 46.5 Å². The zero-order chi connectivity index (χ0) is 18.5. The van der Waals surface area contributed by atoms with Crippen molar-refractivity contribution in [3.05, 3.63) is 41.7 Å². The van der Waals surface area contributed by atoms with Crippen LogP contribution < -0.4 is 4.74 Å². The zero-order valence-corrected chi connectivity index (χ0v) is 16.1. The lowest BCUT2D eigenvalue weighted by Crippen LogP contribution is -2.50. The number of nitrogens with zero attached hydrogens (tertiary/aromatic N) is 4. The molecular weight excluding hydrogens is 342 g/mol. The van der Waals surface area contributed by atoms with Gasteiger partial charge >= 0.3 is 0 Å². The van der Waals surface area contributed by atoms with Crippen LogP contribution >= 0.6 is 0 Å². The van der Waals surface area contributed by atoms with Crippen molar-refractivity contribution in [1.29, 1.82) is 0 Å². The number of H-pyrrole nitrogens is 1. The molecule has 0 bridgehead atoms. The van der Waals surface area contributed by atoms with Gasteiger partial charge in [0.15, 0.2) is 0 Å². The average Bonchev–Trinajstić information content (AvgIpc) is 3.12. The lowest BCUT2D eigenvalue weighted by molar-refractivity contribution is 0.00241. The summed E-state index contributed by atoms with van der Waals surface area (Å²) in [5.74, 6) is 0.912. The second kappa shape index (κ2) is 8.37. The van der Waals surface area contributed by atoms with Crippen molar-refractivity contribution >= 4 is 0 Å². The molecule has 1 atom stereocenters. The monoisotopic (exact) mass is 371 g/mol. The number of piperidine rings is 1. The van der Waals surface area contributed by atoms with Gasteiger partial charge in [-0.1, -0.05) is 12.1 Å². The highest BCUT2D eigenvalue weighted by Gasteiger charge is 2.38. The Morgan fingerprint density at radius 3 is 2.70 bits per heavy atom. The predicted octanol–water partition coefficient (Wildman–Crippen LogP) is 1.93. The van der Waals surface area contributed by atoms with Gasteiger partial charge < -0.3 is 9.47 Å². The van der Waals surface area contributed by atoms with Crippen LogP contribution in [0.1, 0.15) is 24.1 Å².